The summed E-state index contributed by atoms with van der Waals surface area (Å²) in [5, 5.41) is 3.21. The molecule has 3 amide bonds. The molecule has 32 heavy (non-hydrogen) atoms. The molecule has 2 aromatic carbocycles. The number of rotatable bonds is 6. The molecule has 2 fully saturated rings. The largest absolute Gasteiger partial charge is 0.495 e. The molecule has 0 saturated carbocycles. The number of methoxy groups -OCH3 is 2. The number of carbonyl (C=O) groups is 3. The van der Waals surface area contributed by atoms with Crippen molar-refractivity contribution in [2.75, 3.05) is 42.4 Å². The van der Waals surface area contributed by atoms with Crippen LogP contribution in [0.4, 0.5) is 17.1 Å². The Hall–Kier alpha value is -3.26. The van der Waals surface area contributed by atoms with Crippen LogP contribution >= 0.6 is 11.6 Å². The van der Waals surface area contributed by atoms with Gasteiger partial charge in [-0.2, -0.15) is 0 Å². The first-order chi connectivity index (χ1) is 15.4. The lowest BCUT2D eigenvalue weighted by Crippen LogP contribution is -2.28. The lowest BCUT2D eigenvalue weighted by molar-refractivity contribution is -0.122. The van der Waals surface area contributed by atoms with Gasteiger partial charge in [0.2, 0.25) is 17.7 Å². The van der Waals surface area contributed by atoms with Gasteiger partial charge in [-0.15, -0.1) is 0 Å². The number of nitrogens with zero attached hydrogens (tertiary/aromatic N) is 2. The Balaban J connectivity index is 1.45. The molecule has 168 valence electrons. The third-order valence-corrected chi connectivity index (χ3v) is 6.06. The number of anilines is 3. The lowest BCUT2D eigenvalue weighted by atomic mass is 10.1. The van der Waals surface area contributed by atoms with E-state index in [-0.39, 0.29) is 30.7 Å². The van der Waals surface area contributed by atoms with Crippen molar-refractivity contribution in [3.8, 4) is 11.5 Å². The van der Waals surface area contributed by atoms with Crippen LogP contribution in [0.15, 0.2) is 36.4 Å². The molecule has 2 aliphatic rings. The second kappa shape index (κ2) is 9.08. The van der Waals surface area contributed by atoms with Gasteiger partial charge in [-0.3, -0.25) is 14.4 Å². The Morgan fingerprint density at radius 1 is 1.03 bits per heavy atom. The van der Waals surface area contributed by atoms with Crippen molar-refractivity contribution >= 4 is 46.4 Å². The second-order valence-corrected chi connectivity index (χ2v) is 8.16. The van der Waals surface area contributed by atoms with Crippen LogP contribution in [0.1, 0.15) is 19.3 Å². The van der Waals surface area contributed by atoms with Gasteiger partial charge in [0.05, 0.1) is 30.8 Å². The van der Waals surface area contributed by atoms with Crippen molar-refractivity contribution in [3.63, 3.8) is 0 Å². The maximum Gasteiger partial charge on any atom is 0.229 e. The van der Waals surface area contributed by atoms with Gasteiger partial charge in [-0.25, -0.2) is 0 Å². The third kappa shape index (κ3) is 4.23. The molecule has 0 spiro atoms. The van der Waals surface area contributed by atoms with Gasteiger partial charge in [-0.1, -0.05) is 11.6 Å². The quantitative estimate of drug-likeness (QED) is 0.717. The maximum atomic E-state index is 12.8. The number of hydrogen-bond acceptors (Lipinski definition) is 5. The van der Waals surface area contributed by atoms with Crippen LogP contribution in [-0.4, -0.2) is 45.0 Å². The molecule has 9 heteroatoms. The van der Waals surface area contributed by atoms with Crippen LogP contribution in [-0.2, 0) is 14.4 Å². The van der Waals surface area contributed by atoms with Crippen molar-refractivity contribution < 1.29 is 23.9 Å². The molecular weight excluding hydrogens is 434 g/mol. The average Bonchev–Trinajstić information content (AvgIpc) is 3.39. The Kier molecular flexibility index (Phi) is 6.23. The van der Waals surface area contributed by atoms with Crippen LogP contribution in [0.3, 0.4) is 0 Å². The van der Waals surface area contributed by atoms with Crippen molar-refractivity contribution in [3.05, 3.63) is 41.4 Å². The minimum atomic E-state index is -0.520. The van der Waals surface area contributed by atoms with Crippen molar-refractivity contribution in [2.45, 2.75) is 19.3 Å². The topological polar surface area (TPSA) is 88.2 Å². The summed E-state index contributed by atoms with van der Waals surface area (Å²) in [5.41, 5.74) is 1.93. The minimum absolute atomic E-state index is 0.0823. The van der Waals surface area contributed by atoms with Crippen molar-refractivity contribution in [2.24, 2.45) is 5.92 Å². The first-order valence-electron chi connectivity index (χ1n) is 10.3. The zero-order chi connectivity index (χ0) is 22.8. The summed E-state index contributed by atoms with van der Waals surface area (Å²) in [6.07, 6.45) is 1.50. The number of amides is 3. The van der Waals surface area contributed by atoms with E-state index in [1.807, 2.05) is 12.1 Å². The van der Waals surface area contributed by atoms with E-state index in [9.17, 15) is 14.4 Å². The number of carbonyl (C=O) groups excluding carboxylic acids is 3. The summed E-state index contributed by atoms with van der Waals surface area (Å²) >= 11 is 6.24. The summed E-state index contributed by atoms with van der Waals surface area (Å²) in [6.45, 7) is 0.924. The Bertz CT molecular complexity index is 1060. The van der Waals surface area contributed by atoms with E-state index in [1.54, 1.807) is 29.2 Å². The van der Waals surface area contributed by atoms with E-state index in [0.29, 0.717) is 40.9 Å². The number of halogens is 1. The van der Waals surface area contributed by atoms with Gasteiger partial charge >= 0.3 is 0 Å². The van der Waals surface area contributed by atoms with Crippen LogP contribution in [0, 0.1) is 5.92 Å². The Morgan fingerprint density at radius 3 is 2.38 bits per heavy atom. The summed E-state index contributed by atoms with van der Waals surface area (Å²) in [6, 6.07) is 10.4. The van der Waals surface area contributed by atoms with Crippen LogP contribution in [0.2, 0.25) is 5.02 Å². The first kappa shape index (κ1) is 22.0. The van der Waals surface area contributed by atoms with Crippen LogP contribution < -0.4 is 24.6 Å². The van der Waals surface area contributed by atoms with Gasteiger partial charge in [0.1, 0.15) is 11.5 Å². The highest BCUT2D eigenvalue weighted by atomic mass is 35.5. The molecule has 2 aromatic rings. The van der Waals surface area contributed by atoms with E-state index in [4.69, 9.17) is 21.1 Å². The number of hydrogen-bond donors (Lipinski definition) is 1. The molecule has 0 radical (unpaired) electrons. The van der Waals surface area contributed by atoms with Crippen molar-refractivity contribution in [1.82, 2.24) is 0 Å². The normalized spacial score (nSPS) is 18.3. The molecule has 4 rings (SSSR count). The average molecular weight is 458 g/mol. The van der Waals surface area contributed by atoms with Gasteiger partial charge in [0.15, 0.2) is 0 Å². The van der Waals surface area contributed by atoms with Crippen molar-refractivity contribution in [1.29, 1.82) is 0 Å². The SMILES string of the molecule is COc1cc(OC)c(N2CC(C(=O)Nc3ccc(N4CCCC4=O)cc3)CC2=O)cc1Cl. The summed E-state index contributed by atoms with van der Waals surface area (Å²) in [5.74, 6) is 0.0327. The van der Waals surface area contributed by atoms with Gasteiger partial charge in [0.25, 0.3) is 0 Å². The number of nitrogens with one attached hydrogen (secondary N) is 1. The predicted molar refractivity (Wildman–Crippen MR) is 122 cm³/mol. The Morgan fingerprint density at radius 2 is 1.75 bits per heavy atom. The number of ether oxygens (including phenoxy) is 2. The highest BCUT2D eigenvalue weighted by Crippen LogP contribution is 2.40. The Labute approximate surface area is 191 Å². The molecule has 8 nitrogen and oxygen atoms in total. The maximum absolute atomic E-state index is 12.8. The standard InChI is InChI=1S/C23H24ClN3O5/c1-31-19-12-20(32-2)18(11-17(19)24)27-13-14(10-22(27)29)23(30)25-15-5-7-16(8-6-15)26-9-3-4-21(26)28/h5-8,11-12,14H,3-4,9-10,13H2,1-2H3,(H,25,30). The van der Waals surface area contributed by atoms with Crippen LogP contribution in [0.5, 0.6) is 11.5 Å². The smallest absolute Gasteiger partial charge is 0.229 e. The first-order valence-corrected chi connectivity index (χ1v) is 10.7. The van der Waals surface area contributed by atoms with E-state index >= 15 is 0 Å². The monoisotopic (exact) mass is 457 g/mol. The highest BCUT2D eigenvalue weighted by Gasteiger charge is 2.36. The summed E-state index contributed by atoms with van der Waals surface area (Å²) in [7, 11) is 2.99. The molecule has 1 atom stereocenters. The van der Waals surface area contributed by atoms with E-state index in [2.05, 4.69) is 5.32 Å². The van der Waals surface area contributed by atoms with E-state index in [0.717, 1.165) is 12.1 Å². The molecule has 1 N–H and O–H groups in total. The molecular formula is C23H24ClN3O5. The summed E-state index contributed by atoms with van der Waals surface area (Å²) < 4.78 is 10.6. The third-order valence-electron chi connectivity index (χ3n) is 5.76. The zero-order valence-electron chi connectivity index (χ0n) is 17.9. The lowest BCUT2D eigenvalue weighted by Gasteiger charge is -2.21. The molecule has 2 aliphatic heterocycles. The fourth-order valence-corrected chi connectivity index (χ4v) is 4.30. The van der Waals surface area contributed by atoms with Gasteiger partial charge in [-0.05, 0) is 36.8 Å². The fourth-order valence-electron chi connectivity index (χ4n) is 4.06. The minimum Gasteiger partial charge on any atom is -0.495 e. The predicted octanol–water partition coefficient (Wildman–Crippen LogP) is 3.48. The van der Waals surface area contributed by atoms with E-state index < -0.39 is 5.92 Å². The zero-order valence-corrected chi connectivity index (χ0v) is 18.6. The second-order valence-electron chi connectivity index (χ2n) is 7.75. The molecule has 0 bridgehead atoms. The molecule has 2 heterocycles. The summed E-state index contributed by atoms with van der Waals surface area (Å²) in [4.78, 5) is 40.6. The van der Waals surface area contributed by atoms with E-state index in [1.165, 1.54) is 19.1 Å². The number of benzene rings is 2. The molecule has 1 unspecified atom stereocenters. The van der Waals surface area contributed by atoms with Gasteiger partial charge in [0, 0.05) is 43.4 Å². The fraction of sp³-hybridized carbons (Fsp3) is 0.348. The molecule has 0 aliphatic carbocycles. The molecule has 2 saturated heterocycles. The highest BCUT2D eigenvalue weighted by molar-refractivity contribution is 6.32. The molecule has 0 aromatic heterocycles. The van der Waals surface area contributed by atoms with Gasteiger partial charge < -0.3 is 24.6 Å². The van der Waals surface area contributed by atoms with Crippen LogP contribution in [0.25, 0.3) is 0 Å².